The predicted molar refractivity (Wildman–Crippen MR) is 132 cm³/mol. The molecule has 3 aromatic rings. The molecule has 2 aromatic carbocycles. The van der Waals surface area contributed by atoms with E-state index in [0.29, 0.717) is 22.4 Å². The zero-order chi connectivity index (χ0) is 25.4. The van der Waals surface area contributed by atoms with Crippen LogP contribution < -0.4 is 20.7 Å². The highest BCUT2D eigenvalue weighted by Crippen LogP contribution is 2.40. The van der Waals surface area contributed by atoms with Gasteiger partial charge in [-0.05, 0) is 62.2 Å². The summed E-state index contributed by atoms with van der Waals surface area (Å²) in [5.41, 5.74) is 2.09. The lowest BCUT2D eigenvalue weighted by Gasteiger charge is -2.26. The fourth-order valence-corrected chi connectivity index (χ4v) is 5.19. The number of nitrogens with one attached hydrogen (secondary N) is 2. The Morgan fingerprint density at radius 3 is 2.51 bits per heavy atom. The number of methoxy groups -OCH3 is 1. The average Bonchev–Trinajstić information content (AvgIpc) is 2.77. The SMILES string of the molecule is COc1cc2c(cc1Nc1ncc(C(F)(F)F)c(Nc3ccccc3P(C)(C)=O)n1)CN(C)CC2. The third kappa shape index (κ3) is 5.60. The molecule has 186 valence electrons. The van der Waals surface area contributed by atoms with E-state index in [1.807, 2.05) is 19.2 Å². The Kier molecular flexibility index (Phi) is 6.79. The van der Waals surface area contributed by atoms with Crippen molar-refractivity contribution in [2.45, 2.75) is 19.1 Å². The second kappa shape index (κ2) is 9.51. The first-order chi connectivity index (χ1) is 16.5. The molecule has 0 fully saturated rings. The number of rotatable bonds is 6. The highest BCUT2D eigenvalue weighted by atomic mass is 31.2. The van der Waals surface area contributed by atoms with Gasteiger partial charge in [0.25, 0.3) is 0 Å². The Labute approximate surface area is 202 Å². The molecule has 1 aromatic heterocycles. The molecule has 2 N–H and O–H groups in total. The summed E-state index contributed by atoms with van der Waals surface area (Å²) in [5.74, 6) is 0.0821. The van der Waals surface area contributed by atoms with Crippen molar-refractivity contribution in [1.82, 2.24) is 14.9 Å². The molecule has 0 saturated carbocycles. The molecule has 1 aliphatic rings. The van der Waals surface area contributed by atoms with E-state index in [1.165, 1.54) is 12.7 Å². The average molecular weight is 505 g/mol. The third-order valence-electron chi connectivity index (χ3n) is 5.80. The molecule has 0 atom stereocenters. The molecule has 0 aliphatic carbocycles. The van der Waals surface area contributed by atoms with Gasteiger partial charge in [0.15, 0.2) is 0 Å². The minimum Gasteiger partial charge on any atom is -0.495 e. The highest BCUT2D eigenvalue weighted by molar-refractivity contribution is 7.70. The van der Waals surface area contributed by atoms with E-state index in [2.05, 4.69) is 25.5 Å². The minimum atomic E-state index is -4.69. The van der Waals surface area contributed by atoms with Gasteiger partial charge in [-0.25, -0.2) is 4.98 Å². The monoisotopic (exact) mass is 505 g/mol. The lowest BCUT2D eigenvalue weighted by molar-refractivity contribution is -0.137. The summed E-state index contributed by atoms with van der Waals surface area (Å²) >= 11 is 0. The Hall–Kier alpha value is -3.10. The first-order valence-electron chi connectivity index (χ1n) is 11.0. The number of hydrogen-bond acceptors (Lipinski definition) is 7. The topological polar surface area (TPSA) is 79.4 Å². The maximum Gasteiger partial charge on any atom is 0.421 e. The standard InChI is InChI=1S/C24H27F3N5O2P/c1-32-10-9-15-12-20(34-2)19(11-16(15)14-32)30-23-28-13-17(24(25,26)27)22(31-23)29-18-7-5-6-8-21(18)35(3,4)33/h5-8,11-13H,9-10,14H2,1-4H3,(H2,28,29,30,31). The van der Waals surface area contributed by atoms with Crippen LogP contribution in [0.15, 0.2) is 42.6 Å². The number of hydrogen-bond donors (Lipinski definition) is 2. The smallest absolute Gasteiger partial charge is 0.421 e. The van der Waals surface area contributed by atoms with E-state index in [1.54, 1.807) is 37.6 Å². The van der Waals surface area contributed by atoms with Gasteiger partial charge in [-0.15, -0.1) is 0 Å². The molecule has 35 heavy (non-hydrogen) atoms. The van der Waals surface area contributed by atoms with Crippen LogP contribution in [0.5, 0.6) is 5.75 Å². The third-order valence-corrected chi connectivity index (χ3v) is 7.35. The van der Waals surface area contributed by atoms with Crippen molar-refractivity contribution >= 4 is 35.6 Å². The zero-order valence-corrected chi connectivity index (χ0v) is 20.8. The molecule has 0 amide bonds. The van der Waals surface area contributed by atoms with Crippen LogP contribution in [-0.2, 0) is 23.7 Å². The van der Waals surface area contributed by atoms with Crippen molar-refractivity contribution in [3.05, 3.63) is 59.3 Å². The van der Waals surface area contributed by atoms with Gasteiger partial charge >= 0.3 is 6.18 Å². The van der Waals surface area contributed by atoms with Gasteiger partial charge in [0.2, 0.25) is 5.95 Å². The van der Waals surface area contributed by atoms with Crippen LogP contribution in [0.1, 0.15) is 16.7 Å². The van der Waals surface area contributed by atoms with Gasteiger partial charge < -0.3 is 24.8 Å². The van der Waals surface area contributed by atoms with Crippen LogP contribution in [0.4, 0.5) is 36.3 Å². The molecule has 1 aliphatic heterocycles. The quantitative estimate of drug-likeness (QED) is 0.445. The first kappa shape index (κ1) is 25.0. The maximum absolute atomic E-state index is 13.8. The molecule has 7 nitrogen and oxygen atoms in total. The van der Waals surface area contributed by atoms with Crippen LogP contribution in [-0.4, -0.2) is 48.9 Å². The Balaban J connectivity index is 1.74. The summed E-state index contributed by atoms with van der Waals surface area (Å²) in [6.45, 7) is 4.80. The van der Waals surface area contributed by atoms with Crippen molar-refractivity contribution in [3.63, 3.8) is 0 Å². The maximum atomic E-state index is 13.8. The molecule has 4 rings (SSSR count). The number of ether oxygens (including phenoxy) is 1. The molecule has 0 bridgehead atoms. The number of anilines is 4. The second-order valence-electron chi connectivity index (χ2n) is 8.88. The van der Waals surface area contributed by atoms with Gasteiger partial charge in [0, 0.05) is 24.6 Å². The zero-order valence-electron chi connectivity index (χ0n) is 19.9. The van der Waals surface area contributed by atoms with E-state index >= 15 is 0 Å². The second-order valence-corrected chi connectivity index (χ2v) is 12.1. The highest BCUT2D eigenvalue weighted by Gasteiger charge is 2.36. The molecule has 2 heterocycles. The fourth-order valence-electron chi connectivity index (χ4n) is 4.04. The molecule has 0 spiro atoms. The van der Waals surface area contributed by atoms with Gasteiger partial charge in [-0.1, -0.05) is 12.1 Å². The summed E-state index contributed by atoms with van der Waals surface area (Å²) in [4.78, 5) is 10.2. The number of halogens is 3. The fraction of sp³-hybridized carbons (Fsp3) is 0.333. The number of nitrogens with zero attached hydrogens (tertiary/aromatic N) is 3. The van der Waals surface area contributed by atoms with Crippen molar-refractivity contribution in [2.24, 2.45) is 0 Å². The summed E-state index contributed by atoms with van der Waals surface area (Å²) < 4.78 is 59.5. The predicted octanol–water partition coefficient (Wildman–Crippen LogP) is 5.23. The van der Waals surface area contributed by atoms with E-state index < -0.39 is 24.7 Å². The Morgan fingerprint density at radius 2 is 1.83 bits per heavy atom. The number of fused-ring (bicyclic) bond motifs is 1. The molecular formula is C24H27F3N5O2P. The van der Waals surface area contributed by atoms with Crippen LogP contribution in [0.2, 0.25) is 0 Å². The number of benzene rings is 2. The summed E-state index contributed by atoms with van der Waals surface area (Å²) in [7, 11) is 0.798. The summed E-state index contributed by atoms with van der Waals surface area (Å²) in [6.07, 6.45) is -3.08. The molecule has 0 saturated heterocycles. The van der Waals surface area contributed by atoms with Crippen molar-refractivity contribution in [1.29, 1.82) is 0 Å². The van der Waals surface area contributed by atoms with Crippen LogP contribution in [0, 0.1) is 0 Å². The molecule has 11 heteroatoms. The number of alkyl halides is 3. The van der Waals surface area contributed by atoms with Gasteiger partial charge in [0.1, 0.15) is 24.3 Å². The van der Waals surface area contributed by atoms with Gasteiger partial charge in [0.05, 0.1) is 18.5 Å². The number of likely N-dealkylation sites (N-methyl/N-ethyl adjacent to an activating group) is 1. The lowest BCUT2D eigenvalue weighted by Crippen LogP contribution is -2.26. The number of para-hydroxylation sites is 1. The van der Waals surface area contributed by atoms with Crippen molar-refractivity contribution in [3.8, 4) is 5.75 Å². The van der Waals surface area contributed by atoms with E-state index in [9.17, 15) is 17.7 Å². The van der Waals surface area contributed by atoms with Crippen LogP contribution >= 0.6 is 7.14 Å². The molecular weight excluding hydrogens is 478 g/mol. The van der Waals surface area contributed by atoms with Crippen molar-refractivity contribution < 1.29 is 22.5 Å². The lowest BCUT2D eigenvalue weighted by atomic mass is 9.99. The van der Waals surface area contributed by atoms with Crippen LogP contribution in [0.3, 0.4) is 0 Å². The van der Waals surface area contributed by atoms with Crippen LogP contribution in [0.25, 0.3) is 0 Å². The Morgan fingerprint density at radius 1 is 1.09 bits per heavy atom. The van der Waals surface area contributed by atoms with E-state index in [-0.39, 0.29) is 5.95 Å². The van der Waals surface area contributed by atoms with E-state index in [0.717, 1.165) is 31.3 Å². The largest absolute Gasteiger partial charge is 0.495 e. The van der Waals surface area contributed by atoms with Gasteiger partial charge in [-0.3, -0.25) is 0 Å². The molecule has 0 radical (unpaired) electrons. The summed E-state index contributed by atoms with van der Waals surface area (Å²) in [6, 6.07) is 10.4. The molecule has 0 unspecified atom stereocenters. The van der Waals surface area contributed by atoms with Crippen molar-refractivity contribution in [2.75, 3.05) is 44.7 Å². The Bertz CT molecular complexity index is 1290. The number of aromatic nitrogens is 2. The minimum absolute atomic E-state index is 0.0309. The normalized spacial score (nSPS) is 14.4. The van der Waals surface area contributed by atoms with E-state index in [4.69, 9.17) is 4.74 Å². The summed E-state index contributed by atoms with van der Waals surface area (Å²) in [5, 5.41) is 6.19. The van der Waals surface area contributed by atoms with Gasteiger partial charge in [-0.2, -0.15) is 18.2 Å². The first-order valence-corrected chi connectivity index (χ1v) is 13.6.